The highest BCUT2D eigenvalue weighted by atomic mass is 35.5. The van der Waals surface area contributed by atoms with Crippen molar-refractivity contribution in [2.45, 2.75) is 31.6 Å². The topological polar surface area (TPSA) is 66.5 Å². The second kappa shape index (κ2) is 8.41. The Hall–Kier alpha value is -1.60. The maximum Gasteiger partial charge on any atom is 0.243 e. The Morgan fingerprint density at radius 2 is 1.68 bits per heavy atom. The van der Waals surface area contributed by atoms with Gasteiger partial charge in [-0.25, -0.2) is 8.42 Å². The number of piperidine rings is 1. The van der Waals surface area contributed by atoms with Gasteiger partial charge in [0.15, 0.2) is 0 Å². The summed E-state index contributed by atoms with van der Waals surface area (Å²) in [6.07, 6.45) is 0.939. The van der Waals surface area contributed by atoms with Gasteiger partial charge in [-0.2, -0.15) is 4.31 Å². The van der Waals surface area contributed by atoms with E-state index in [0.29, 0.717) is 46.6 Å². The quantitative estimate of drug-likeness (QED) is 0.751. The smallest absolute Gasteiger partial charge is 0.243 e. The molecular formula is C20H22Cl2N2O3S. The summed E-state index contributed by atoms with van der Waals surface area (Å²) in [6, 6.07) is 10.1. The van der Waals surface area contributed by atoms with Gasteiger partial charge < -0.3 is 5.32 Å². The minimum Gasteiger partial charge on any atom is -0.326 e. The largest absolute Gasteiger partial charge is 0.326 e. The molecule has 1 aliphatic heterocycles. The van der Waals surface area contributed by atoms with Gasteiger partial charge >= 0.3 is 0 Å². The first-order valence-corrected chi connectivity index (χ1v) is 11.2. The second-order valence-electron chi connectivity index (χ2n) is 7.04. The number of halogens is 2. The lowest BCUT2D eigenvalue weighted by atomic mass is 9.97. The number of nitrogens with one attached hydrogen (secondary N) is 1. The number of aryl methyl sites for hydroxylation is 2. The Balaban J connectivity index is 1.63. The molecule has 0 aromatic heterocycles. The maximum atomic E-state index is 12.9. The van der Waals surface area contributed by atoms with Crippen molar-refractivity contribution in [1.82, 2.24) is 4.31 Å². The number of nitrogens with zero attached hydrogens (tertiary/aromatic N) is 1. The first kappa shape index (κ1) is 21.1. The van der Waals surface area contributed by atoms with Crippen LogP contribution in [0.4, 0.5) is 5.69 Å². The average molecular weight is 441 g/mol. The van der Waals surface area contributed by atoms with Crippen LogP contribution in [0.25, 0.3) is 0 Å². The van der Waals surface area contributed by atoms with Gasteiger partial charge in [0.1, 0.15) is 0 Å². The van der Waals surface area contributed by atoms with Crippen LogP contribution in [0.1, 0.15) is 24.0 Å². The summed E-state index contributed by atoms with van der Waals surface area (Å²) in [5.74, 6) is -0.387. The molecule has 5 nitrogen and oxygen atoms in total. The molecule has 0 unspecified atom stereocenters. The predicted octanol–water partition coefficient (Wildman–Crippen LogP) is 4.65. The van der Waals surface area contributed by atoms with Crippen molar-refractivity contribution in [3.8, 4) is 0 Å². The Morgan fingerprint density at radius 1 is 1.00 bits per heavy atom. The van der Waals surface area contributed by atoms with Crippen LogP contribution in [0.3, 0.4) is 0 Å². The molecule has 8 heteroatoms. The molecule has 1 saturated heterocycles. The minimum absolute atomic E-state index is 0.137. The highest BCUT2D eigenvalue weighted by Crippen LogP contribution is 2.28. The van der Waals surface area contributed by atoms with Crippen LogP contribution in [0.5, 0.6) is 0 Å². The fourth-order valence-corrected chi connectivity index (χ4v) is 5.05. The van der Waals surface area contributed by atoms with Crippen molar-refractivity contribution in [3.05, 3.63) is 57.6 Å². The number of carbonyl (C=O) groups excluding carboxylic acids is 1. The highest BCUT2D eigenvalue weighted by molar-refractivity contribution is 7.89. The van der Waals surface area contributed by atoms with E-state index in [1.807, 2.05) is 19.9 Å². The minimum atomic E-state index is -3.55. The van der Waals surface area contributed by atoms with Gasteiger partial charge in [-0.1, -0.05) is 29.3 Å². The Kier molecular flexibility index (Phi) is 6.34. The van der Waals surface area contributed by atoms with E-state index in [-0.39, 0.29) is 11.8 Å². The van der Waals surface area contributed by atoms with Gasteiger partial charge in [0.2, 0.25) is 15.9 Å². The first-order valence-electron chi connectivity index (χ1n) is 9.02. The number of anilines is 1. The van der Waals surface area contributed by atoms with Crippen LogP contribution in [-0.4, -0.2) is 31.7 Å². The lowest BCUT2D eigenvalue weighted by Gasteiger charge is -2.30. The SMILES string of the molecule is Cc1ccc(S(=O)(=O)N2CCC(C(=O)Nc3ccc(Cl)c(Cl)c3)CC2)cc1C. The first-order chi connectivity index (χ1) is 13.2. The Labute approximate surface area is 175 Å². The number of amides is 1. The number of hydrogen-bond acceptors (Lipinski definition) is 3. The van der Waals surface area contributed by atoms with E-state index in [4.69, 9.17) is 23.2 Å². The van der Waals surface area contributed by atoms with Gasteiger partial charge in [0.25, 0.3) is 0 Å². The molecule has 150 valence electrons. The molecule has 1 N–H and O–H groups in total. The van der Waals surface area contributed by atoms with Crippen LogP contribution in [0.15, 0.2) is 41.3 Å². The molecule has 0 saturated carbocycles. The summed E-state index contributed by atoms with van der Waals surface area (Å²) >= 11 is 11.9. The van der Waals surface area contributed by atoms with Crippen LogP contribution >= 0.6 is 23.2 Å². The van der Waals surface area contributed by atoms with Crippen molar-refractivity contribution in [2.24, 2.45) is 5.92 Å². The molecular weight excluding hydrogens is 419 g/mol. The van der Waals surface area contributed by atoms with E-state index < -0.39 is 10.0 Å². The van der Waals surface area contributed by atoms with Crippen LogP contribution in [0, 0.1) is 19.8 Å². The fourth-order valence-electron chi connectivity index (χ4n) is 3.20. The van der Waals surface area contributed by atoms with Crippen molar-refractivity contribution in [1.29, 1.82) is 0 Å². The lowest BCUT2D eigenvalue weighted by Crippen LogP contribution is -2.41. The third kappa shape index (κ3) is 4.51. The van der Waals surface area contributed by atoms with Crippen molar-refractivity contribution in [2.75, 3.05) is 18.4 Å². The van der Waals surface area contributed by atoms with Crippen LogP contribution < -0.4 is 5.32 Å². The van der Waals surface area contributed by atoms with Gasteiger partial charge in [0.05, 0.1) is 14.9 Å². The Morgan fingerprint density at radius 3 is 2.29 bits per heavy atom. The summed E-state index contributed by atoms with van der Waals surface area (Å²) in [4.78, 5) is 12.8. The molecule has 0 radical (unpaired) electrons. The highest BCUT2D eigenvalue weighted by Gasteiger charge is 2.32. The molecule has 0 bridgehead atoms. The van der Waals surface area contributed by atoms with Gasteiger partial charge in [-0.15, -0.1) is 0 Å². The molecule has 0 spiro atoms. The number of rotatable bonds is 4. The van der Waals surface area contributed by atoms with E-state index in [1.165, 1.54) is 4.31 Å². The lowest BCUT2D eigenvalue weighted by molar-refractivity contribution is -0.120. The molecule has 3 rings (SSSR count). The van der Waals surface area contributed by atoms with E-state index >= 15 is 0 Å². The van der Waals surface area contributed by atoms with Crippen LogP contribution in [0.2, 0.25) is 10.0 Å². The molecule has 0 atom stereocenters. The Bertz CT molecular complexity index is 1000. The average Bonchev–Trinajstić information content (AvgIpc) is 2.67. The van der Waals surface area contributed by atoms with Crippen molar-refractivity contribution in [3.63, 3.8) is 0 Å². The zero-order valence-corrected chi connectivity index (χ0v) is 18.0. The van der Waals surface area contributed by atoms with Gasteiger partial charge in [0, 0.05) is 24.7 Å². The van der Waals surface area contributed by atoms with E-state index in [9.17, 15) is 13.2 Å². The summed E-state index contributed by atoms with van der Waals surface area (Å²) in [5.41, 5.74) is 2.57. The predicted molar refractivity (Wildman–Crippen MR) is 112 cm³/mol. The van der Waals surface area contributed by atoms with Crippen molar-refractivity contribution >= 4 is 44.8 Å². The zero-order valence-electron chi connectivity index (χ0n) is 15.7. The molecule has 2 aromatic rings. The zero-order chi connectivity index (χ0) is 20.5. The third-order valence-corrected chi connectivity index (χ3v) is 7.76. The number of hydrogen-bond donors (Lipinski definition) is 1. The maximum absolute atomic E-state index is 12.9. The summed E-state index contributed by atoms with van der Waals surface area (Å²) in [7, 11) is -3.55. The number of benzene rings is 2. The van der Waals surface area contributed by atoms with Gasteiger partial charge in [-0.3, -0.25) is 4.79 Å². The van der Waals surface area contributed by atoms with E-state index in [2.05, 4.69) is 5.32 Å². The molecule has 1 fully saturated rings. The van der Waals surface area contributed by atoms with Crippen LogP contribution in [-0.2, 0) is 14.8 Å². The monoisotopic (exact) mass is 440 g/mol. The molecule has 1 heterocycles. The van der Waals surface area contributed by atoms with E-state index in [1.54, 1.807) is 30.3 Å². The van der Waals surface area contributed by atoms with Gasteiger partial charge in [-0.05, 0) is 68.1 Å². The molecule has 0 aliphatic carbocycles. The molecule has 28 heavy (non-hydrogen) atoms. The second-order valence-corrected chi connectivity index (χ2v) is 9.79. The molecule has 1 amide bonds. The molecule has 2 aromatic carbocycles. The number of carbonyl (C=O) groups is 1. The third-order valence-electron chi connectivity index (χ3n) is 5.13. The fraction of sp³-hybridized carbons (Fsp3) is 0.350. The standard InChI is InChI=1S/C20H22Cl2N2O3S/c1-13-3-5-17(11-14(13)2)28(26,27)24-9-7-15(8-10-24)20(25)23-16-4-6-18(21)19(22)12-16/h3-6,11-12,15H,7-10H2,1-2H3,(H,23,25). The van der Waals surface area contributed by atoms with E-state index in [0.717, 1.165) is 11.1 Å². The number of sulfonamides is 1. The summed E-state index contributed by atoms with van der Waals surface area (Å²) < 4.78 is 27.2. The summed E-state index contributed by atoms with van der Waals surface area (Å²) in [6.45, 7) is 4.47. The molecule has 1 aliphatic rings. The summed E-state index contributed by atoms with van der Waals surface area (Å²) in [5, 5.41) is 3.62. The van der Waals surface area contributed by atoms with Crippen molar-refractivity contribution < 1.29 is 13.2 Å². The normalized spacial score (nSPS) is 16.1.